The topological polar surface area (TPSA) is 50.4 Å². The van der Waals surface area contributed by atoms with Crippen LogP contribution in [0, 0.1) is 0 Å². The van der Waals surface area contributed by atoms with E-state index < -0.39 is 0 Å². The molecule has 0 unspecified atom stereocenters. The molecule has 1 spiro atoms. The number of carbonyl (C=O) groups excluding carboxylic acids is 1. The smallest absolute Gasteiger partial charge is 0.407 e. The van der Waals surface area contributed by atoms with E-state index in [-0.39, 0.29) is 24.1 Å². The highest BCUT2D eigenvalue weighted by Gasteiger charge is 2.40. The highest BCUT2D eigenvalue weighted by molar-refractivity contribution is 5.85. The van der Waals surface area contributed by atoms with E-state index in [1.807, 2.05) is 0 Å². The first-order valence-corrected chi connectivity index (χ1v) is 3.98. The monoisotopic (exact) mass is 192 g/mol. The second kappa shape index (κ2) is 3.49. The van der Waals surface area contributed by atoms with E-state index in [9.17, 15) is 4.79 Å². The molecule has 2 aliphatic rings. The summed E-state index contributed by atoms with van der Waals surface area (Å²) < 4.78 is 5.18. The molecule has 0 radical (unpaired) electrons. The number of hydrogen-bond donors (Lipinski definition) is 2. The van der Waals surface area contributed by atoms with E-state index in [0.717, 1.165) is 25.9 Å². The summed E-state index contributed by atoms with van der Waals surface area (Å²) >= 11 is 0. The van der Waals surface area contributed by atoms with E-state index in [4.69, 9.17) is 4.74 Å². The van der Waals surface area contributed by atoms with Crippen LogP contribution in [0.25, 0.3) is 0 Å². The number of hydrogen-bond acceptors (Lipinski definition) is 3. The maximum atomic E-state index is 10.8. The number of nitrogens with one attached hydrogen (secondary N) is 2. The Morgan fingerprint density at radius 1 is 1.42 bits per heavy atom. The third-order valence-electron chi connectivity index (χ3n) is 2.30. The number of rotatable bonds is 0. The zero-order valence-electron chi connectivity index (χ0n) is 6.76. The number of halogens is 1. The Morgan fingerprint density at radius 3 is 2.75 bits per heavy atom. The Balaban J connectivity index is 0.000000720. The minimum absolute atomic E-state index is 0. The summed E-state index contributed by atoms with van der Waals surface area (Å²) in [7, 11) is 0. The molecular formula is C7H13ClN2O2. The normalized spacial score (nSPS) is 33.8. The van der Waals surface area contributed by atoms with Gasteiger partial charge in [-0.25, -0.2) is 4.79 Å². The maximum Gasteiger partial charge on any atom is 0.407 e. The fourth-order valence-corrected chi connectivity index (χ4v) is 1.68. The number of amides is 1. The van der Waals surface area contributed by atoms with Gasteiger partial charge in [0, 0.05) is 6.54 Å². The van der Waals surface area contributed by atoms with Crippen LogP contribution in [0.4, 0.5) is 4.79 Å². The van der Waals surface area contributed by atoms with Crippen LogP contribution in [-0.4, -0.2) is 31.3 Å². The van der Waals surface area contributed by atoms with Gasteiger partial charge < -0.3 is 15.4 Å². The van der Waals surface area contributed by atoms with Gasteiger partial charge in [-0.2, -0.15) is 0 Å². The van der Waals surface area contributed by atoms with Crippen LogP contribution in [0.2, 0.25) is 0 Å². The van der Waals surface area contributed by atoms with Crippen LogP contribution in [0.5, 0.6) is 0 Å². The Hall–Kier alpha value is -0.480. The largest absolute Gasteiger partial charge is 0.440 e. The highest BCUT2D eigenvalue weighted by atomic mass is 35.5. The predicted octanol–water partition coefficient (Wildman–Crippen LogP) is 0.270. The maximum absolute atomic E-state index is 10.8. The molecule has 1 atom stereocenters. The lowest BCUT2D eigenvalue weighted by atomic mass is 9.95. The summed E-state index contributed by atoms with van der Waals surface area (Å²) in [6.07, 6.45) is 1.81. The molecule has 0 aromatic heterocycles. The molecule has 0 saturated carbocycles. The molecule has 2 N–H and O–H groups in total. The van der Waals surface area contributed by atoms with Crippen LogP contribution >= 0.6 is 12.4 Å². The standard InChI is InChI=1S/C7H12N2O2.ClH/c10-6-9-5-7(11-6)2-1-3-8-4-7;/h8H,1-5H2,(H,9,10);1H/t7-;/m1./s1. The second-order valence-electron chi connectivity index (χ2n) is 3.21. The SMILES string of the molecule is Cl.O=C1NC[C@]2(CCCNC2)O1. The third kappa shape index (κ3) is 1.64. The first-order chi connectivity index (χ1) is 5.31. The van der Waals surface area contributed by atoms with Crippen LogP contribution in [0.15, 0.2) is 0 Å². The van der Waals surface area contributed by atoms with E-state index in [1.165, 1.54) is 0 Å². The number of piperidine rings is 1. The zero-order chi connectivity index (χ0) is 7.73. The zero-order valence-corrected chi connectivity index (χ0v) is 7.58. The third-order valence-corrected chi connectivity index (χ3v) is 2.30. The van der Waals surface area contributed by atoms with Gasteiger partial charge in [-0.1, -0.05) is 0 Å². The van der Waals surface area contributed by atoms with Crippen molar-refractivity contribution >= 4 is 18.5 Å². The second-order valence-corrected chi connectivity index (χ2v) is 3.21. The lowest BCUT2D eigenvalue weighted by Gasteiger charge is -2.30. The van der Waals surface area contributed by atoms with Crippen molar-refractivity contribution in [3.63, 3.8) is 0 Å². The highest BCUT2D eigenvalue weighted by Crippen LogP contribution is 2.23. The molecule has 4 nitrogen and oxygen atoms in total. The number of carbonyl (C=O) groups is 1. The average Bonchev–Trinajstić information content (AvgIpc) is 2.34. The number of ether oxygens (including phenoxy) is 1. The summed E-state index contributed by atoms with van der Waals surface area (Å²) in [6.45, 7) is 2.50. The Bertz CT molecular complexity index is 180. The van der Waals surface area contributed by atoms with Crippen molar-refractivity contribution in [2.75, 3.05) is 19.6 Å². The van der Waals surface area contributed by atoms with Crippen LogP contribution in [0.3, 0.4) is 0 Å². The minimum Gasteiger partial charge on any atom is -0.440 e. The molecule has 0 aromatic rings. The minimum atomic E-state index is -0.270. The van der Waals surface area contributed by atoms with Crippen molar-refractivity contribution in [1.29, 1.82) is 0 Å². The van der Waals surface area contributed by atoms with Crippen LogP contribution < -0.4 is 10.6 Å². The molecule has 12 heavy (non-hydrogen) atoms. The summed E-state index contributed by atoms with van der Waals surface area (Å²) in [5.41, 5.74) is -0.227. The first kappa shape index (κ1) is 9.61. The van der Waals surface area contributed by atoms with Crippen molar-refractivity contribution < 1.29 is 9.53 Å². The van der Waals surface area contributed by atoms with Gasteiger partial charge in [-0.15, -0.1) is 12.4 Å². The van der Waals surface area contributed by atoms with E-state index in [1.54, 1.807) is 0 Å². The van der Waals surface area contributed by atoms with Crippen LogP contribution in [-0.2, 0) is 4.74 Å². The van der Waals surface area contributed by atoms with E-state index in [2.05, 4.69) is 10.6 Å². The fraction of sp³-hybridized carbons (Fsp3) is 0.857. The van der Waals surface area contributed by atoms with E-state index in [0.29, 0.717) is 6.54 Å². The summed E-state index contributed by atoms with van der Waals surface area (Å²) in [5.74, 6) is 0. The number of alkyl carbamates (subject to hydrolysis) is 1. The predicted molar refractivity (Wildman–Crippen MR) is 46.6 cm³/mol. The lowest BCUT2D eigenvalue weighted by molar-refractivity contribution is 0.0366. The van der Waals surface area contributed by atoms with Gasteiger partial charge in [0.25, 0.3) is 0 Å². The van der Waals surface area contributed by atoms with Crippen molar-refractivity contribution in [1.82, 2.24) is 10.6 Å². The molecule has 2 saturated heterocycles. The Labute approximate surface area is 77.4 Å². The Morgan fingerprint density at radius 2 is 2.25 bits per heavy atom. The lowest BCUT2D eigenvalue weighted by Crippen LogP contribution is -2.48. The summed E-state index contributed by atoms with van der Waals surface area (Å²) in [5, 5.41) is 5.90. The average molecular weight is 193 g/mol. The van der Waals surface area contributed by atoms with E-state index >= 15 is 0 Å². The summed E-state index contributed by atoms with van der Waals surface area (Å²) in [4.78, 5) is 10.8. The van der Waals surface area contributed by atoms with Crippen molar-refractivity contribution in [3.05, 3.63) is 0 Å². The summed E-state index contributed by atoms with van der Waals surface area (Å²) in [6, 6.07) is 0. The molecule has 2 fully saturated rings. The molecule has 2 rings (SSSR count). The van der Waals surface area contributed by atoms with Gasteiger partial charge in [0.1, 0.15) is 5.60 Å². The van der Waals surface area contributed by atoms with Crippen molar-refractivity contribution in [3.8, 4) is 0 Å². The van der Waals surface area contributed by atoms with Gasteiger partial charge in [0.05, 0.1) is 6.54 Å². The molecule has 0 aliphatic carbocycles. The Kier molecular flexibility index (Phi) is 2.80. The molecule has 0 bridgehead atoms. The van der Waals surface area contributed by atoms with Crippen LogP contribution in [0.1, 0.15) is 12.8 Å². The van der Waals surface area contributed by atoms with Gasteiger partial charge in [-0.3, -0.25) is 0 Å². The molecule has 70 valence electrons. The van der Waals surface area contributed by atoms with Crippen molar-refractivity contribution in [2.45, 2.75) is 18.4 Å². The molecule has 2 heterocycles. The van der Waals surface area contributed by atoms with Gasteiger partial charge in [0.2, 0.25) is 0 Å². The van der Waals surface area contributed by atoms with Gasteiger partial charge >= 0.3 is 6.09 Å². The molecular weight excluding hydrogens is 180 g/mol. The van der Waals surface area contributed by atoms with Crippen molar-refractivity contribution in [2.24, 2.45) is 0 Å². The molecule has 1 amide bonds. The fourth-order valence-electron chi connectivity index (χ4n) is 1.68. The van der Waals surface area contributed by atoms with Gasteiger partial charge in [-0.05, 0) is 19.4 Å². The van der Waals surface area contributed by atoms with Gasteiger partial charge in [0.15, 0.2) is 0 Å². The molecule has 5 heteroatoms. The molecule has 0 aromatic carbocycles. The quantitative estimate of drug-likeness (QED) is 0.580. The molecule has 2 aliphatic heterocycles. The first-order valence-electron chi connectivity index (χ1n) is 3.98.